The molecule has 0 fully saturated rings. The summed E-state index contributed by atoms with van der Waals surface area (Å²) in [6, 6.07) is -1.36. The van der Waals surface area contributed by atoms with Crippen LogP contribution < -0.4 is 11.5 Å². The zero-order valence-electron chi connectivity index (χ0n) is 8.74. The van der Waals surface area contributed by atoms with Crippen molar-refractivity contribution in [1.82, 2.24) is 0 Å². The molecule has 0 aliphatic heterocycles. The van der Waals surface area contributed by atoms with E-state index in [0.717, 1.165) is 0 Å². The van der Waals surface area contributed by atoms with Crippen molar-refractivity contribution in [2.24, 2.45) is 11.5 Å². The van der Waals surface area contributed by atoms with Crippen LogP contribution in [0.5, 0.6) is 0 Å². The summed E-state index contributed by atoms with van der Waals surface area (Å²) in [5.41, 5.74) is 10.0. The summed E-state index contributed by atoms with van der Waals surface area (Å²) in [5, 5.41) is 16.1. The summed E-state index contributed by atoms with van der Waals surface area (Å²) in [5.74, 6) is -1.86. The van der Waals surface area contributed by atoms with Crippen LogP contribution in [0.2, 0.25) is 0 Å². The summed E-state index contributed by atoms with van der Waals surface area (Å²) < 4.78 is 0. The van der Waals surface area contributed by atoms with Crippen LogP contribution in [-0.4, -0.2) is 34.2 Å². The van der Waals surface area contributed by atoms with Crippen molar-refractivity contribution in [1.29, 1.82) is 0 Å². The quantitative estimate of drug-likeness (QED) is 0.515. The number of hydrogen-bond acceptors (Lipinski definition) is 4. The molecule has 1 radical (unpaired) electrons. The normalized spacial score (nSPS) is 12.5. The minimum absolute atomic E-state index is 0. The fraction of sp³-hybridized carbons (Fsp3) is 0.750. The number of carboxylic acid groups (broad SMARTS) is 2. The second-order valence-corrected chi connectivity index (χ2v) is 2.71. The van der Waals surface area contributed by atoms with Crippen LogP contribution in [0.25, 0.3) is 0 Å². The molecule has 0 aromatic carbocycles. The molecule has 0 heterocycles. The molecule has 0 spiro atoms. The van der Waals surface area contributed by atoms with E-state index in [4.69, 9.17) is 21.7 Å². The van der Waals surface area contributed by atoms with Gasteiger partial charge in [-0.25, -0.2) is 0 Å². The minimum atomic E-state index is -0.928. The Hall–Kier alpha value is -0.621. The zero-order chi connectivity index (χ0) is 11.7. The average molecular weight is 270 g/mol. The van der Waals surface area contributed by atoms with Crippen LogP contribution in [-0.2, 0) is 26.7 Å². The monoisotopic (exact) mass is 269 g/mol. The predicted octanol–water partition coefficient (Wildman–Crippen LogP) is -0.386. The molecule has 2 unspecified atom stereocenters. The molecule has 6 nitrogen and oxygen atoms in total. The Bertz CT molecular complexity index is 169. The number of hydrogen-bond donors (Lipinski definition) is 4. The molecular formula is C8H18CuN2O4. The molecule has 6 N–H and O–H groups in total. The summed E-state index contributed by atoms with van der Waals surface area (Å²) in [4.78, 5) is 19.6. The molecule has 95 valence electrons. The molecule has 0 aromatic heterocycles. The van der Waals surface area contributed by atoms with E-state index in [-0.39, 0.29) is 17.1 Å². The van der Waals surface area contributed by atoms with Crippen LogP contribution in [0.4, 0.5) is 0 Å². The van der Waals surface area contributed by atoms with E-state index < -0.39 is 24.0 Å². The van der Waals surface area contributed by atoms with Gasteiger partial charge in [0.25, 0.3) is 0 Å². The fourth-order valence-corrected chi connectivity index (χ4v) is 0.349. The molecule has 7 heteroatoms. The molecule has 0 aliphatic carbocycles. The number of aliphatic carboxylic acids is 2. The van der Waals surface area contributed by atoms with E-state index >= 15 is 0 Å². The molecule has 0 rings (SSSR count). The number of rotatable bonds is 4. The molecule has 15 heavy (non-hydrogen) atoms. The van der Waals surface area contributed by atoms with Crippen molar-refractivity contribution in [3.63, 3.8) is 0 Å². The van der Waals surface area contributed by atoms with E-state index in [9.17, 15) is 9.59 Å². The first-order valence-corrected chi connectivity index (χ1v) is 4.33. The largest absolute Gasteiger partial charge is 0.480 e. The van der Waals surface area contributed by atoms with Gasteiger partial charge in [-0.3, -0.25) is 9.59 Å². The molecule has 0 bridgehead atoms. The van der Waals surface area contributed by atoms with Crippen LogP contribution in [0.3, 0.4) is 0 Å². The van der Waals surface area contributed by atoms with Gasteiger partial charge in [0.2, 0.25) is 0 Å². The predicted molar refractivity (Wildman–Crippen MR) is 51.8 cm³/mol. The minimum Gasteiger partial charge on any atom is -0.480 e. The second-order valence-electron chi connectivity index (χ2n) is 2.71. The van der Waals surface area contributed by atoms with Crippen LogP contribution in [0.15, 0.2) is 0 Å². The smallest absolute Gasteiger partial charge is 0.320 e. The van der Waals surface area contributed by atoms with Gasteiger partial charge in [0, 0.05) is 17.1 Å². The maximum Gasteiger partial charge on any atom is 0.320 e. The standard InChI is InChI=1S/2C4H9NO2.Cu/c2*1-2-3(5)4(6)7;/h2*3H,2,5H2,1H3,(H,6,7);. The molecule has 0 saturated heterocycles. The zero-order valence-corrected chi connectivity index (χ0v) is 9.68. The van der Waals surface area contributed by atoms with Crippen LogP contribution >= 0.6 is 0 Å². The number of carbonyl (C=O) groups is 2. The van der Waals surface area contributed by atoms with Gasteiger partial charge in [-0.15, -0.1) is 0 Å². The van der Waals surface area contributed by atoms with Gasteiger partial charge >= 0.3 is 11.9 Å². The van der Waals surface area contributed by atoms with Gasteiger partial charge in [0.05, 0.1) is 0 Å². The summed E-state index contributed by atoms with van der Waals surface area (Å²) in [6.07, 6.45) is 0.991. The first-order chi connectivity index (χ1) is 6.36. The fourth-order valence-electron chi connectivity index (χ4n) is 0.349. The molecule has 0 aliphatic rings. The van der Waals surface area contributed by atoms with Crippen molar-refractivity contribution >= 4 is 11.9 Å². The molecule has 0 amide bonds. The third-order valence-corrected chi connectivity index (χ3v) is 1.51. The SMILES string of the molecule is CCC(N)C(=O)O.CCC(N)C(=O)O.[Cu]. The number of nitrogens with two attached hydrogens (primary N) is 2. The van der Waals surface area contributed by atoms with E-state index in [0.29, 0.717) is 12.8 Å². The summed E-state index contributed by atoms with van der Waals surface area (Å²) in [6.45, 7) is 3.47. The van der Waals surface area contributed by atoms with Gasteiger partial charge in [-0.05, 0) is 12.8 Å². The molecular weight excluding hydrogens is 252 g/mol. The Balaban J connectivity index is -0.000000180. The summed E-state index contributed by atoms with van der Waals surface area (Å²) >= 11 is 0. The Kier molecular flexibility index (Phi) is 15.2. The van der Waals surface area contributed by atoms with Crippen molar-refractivity contribution in [3.8, 4) is 0 Å². The average Bonchev–Trinajstić information content (AvgIpc) is 2.15. The first kappa shape index (κ1) is 19.9. The second kappa shape index (κ2) is 11.5. The van der Waals surface area contributed by atoms with Crippen molar-refractivity contribution < 1.29 is 36.9 Å². The van der Waals surface area contributed by atoms with Gasteiger partial charge in [0.1, 0.15) is 12.1 Å². The number of carboxylic acids is 2. The van der Waals surface area contributed by atoms with E-state index in [1.165, 1.54) is 0 Å². The topological polar surface area (TPSA) is 127 Å². The van der Waals surface area contributed by atoms with Gasteiger partial charge in [0.15, 0.2) is 0 Å². The summed E-state index contributed by atoms with van der Waals surface area (Å²) in [7, 11) is 0. The van der Waals surface area contributed by atoms with Crippen LogP contribution in [0.1, 0.15) is 26.7 Å². The first-order valence-electron chi connectivity index (χ1n) is 4.33. The van der Waals surface area contributed by atoms with Crippen molar-refractivity contribution in [2.75, 3.05) is 0 Å². The Morgan fingerprint density at radius 2 is 1.20 bits per heavy atom. The molecule has 0 saturated carbocycles. The third kappa shape index (κ3) is 13.4. The van der Waals surface area contributed by atoms with E-state index in [1.807, 2.05) is 0 Å². The van der Waals surface area contributed by atoms with Crippen LogP contribution in [0, 0.1) is 0 Å². The maximum atomic E-state index is 9.81. The maximum absolute atomic E-state index is 9.81. The molecule has 0 aromatic rings. The van der Waals surface area contributed by atoms with E-state index in [2.05, 4.69) is 0 Å². The van der Waals surface area contributed by atoms with E-state index in [1.54, 1.807) is 13.8 Å². The van der Waals surface area contributed by atoms with Gasteiger partial charge in [-0.1, -0.05) is 13.8 Å². The third-order valence-electron chi connectivity index (χ3n) is 1.51. The Morgan fingerprint density at radius 3 is 1.20 bits per heavy atom. The van der Waals surface area contributed by atoms with Gasteiger partial charge < -0.3 is 21.7 Å². The molecule has 2 atom stereocenters. The van der Waals surface area contributed by atoms with Gasteiger partial charge in [-0.2, -0.15) is 0 Å². The Labute approximate surface area is 99.5 Å². The Morgan fingerprint density at radius 1 is 1.00 bits per heavy atom. The van der Waals surface area contributed by atoms with Crippen molar-refractivity contribution in [2.45, 2.75) is 38.8 Å². The van der Waals surface area contributed by atoms with Crippen molar-refractivity contribution in [3.05, 3.63) is 0 Å².